The lowest BCUT2D eigenvalue weighted by Gasteiger charge is -2.04. The fourth-order valence-corrected chi connectivity index (χ4v) is 3.06. The van der Waals surface area contributed by atoms with Crippen LogP contribution in [-0.4, -0.2) is 17.6 Å². The minimum Gasteiger partial charge on any atom is -0.454 e. The monoisotopic (exact) mass is 340 g/mol. The van der Waals surface area contributed by atoms with Gasteiger partial charge in [-0.05, 0) is 17.7 Å². The van der Waals surface area contributed by atoms with E-state index in [1.54, 1.807) is 18.2 Å². The Labute approximate surface area is 133 Å². The summed E-state index contributed by atoms with van der Waals surface area (Å²) in [5.74, 6) is 0.870. The number of nitro groups is 1. The number of rotatable bonds is 4. The van der Waals surface area contributed by atoms with E-state index in [0.29, 0.717) is 11.5 Å². The number of amides is 1. The summed E-state index contributed by atoms with van der Waals surface area (Å²) < 4.78 is 10.4. The number of nitrogens with zero attached hydrogens (tertiary/aromatic N) is 1. The highest BCUT2D eigenvalue weighted by molar-refractivity contribution is 7.18. The van der Waals surface area contributed by atoms with Crippen LogP contribution in [0.5, 0.6) is 11.5 Å². The first-order chi connectivity index (χ1) is 10.5. The van der Waals surface area contributed by atoms with Crippen molar-refractivity contribution in [3.05, 3.63) is 49.2 Å². The van der Waals surface area contributed by atoms with E-state index in [4.69, 9.17) is 21.1 Å². The first-order valence-electron chi connectivity index (χ1n) is 6.15. The SMILES string of the molecule is O=C(NCc1ccc2c(c1)OCO2)c1cc([N+](=O)[O-])c(Cl)s1. The number of hydrogen-bond donors (Lipinski definition) is 1. The molecule has 9 heteroatoms. The number of thiophene rings is 1. The highest BCUT2D eigenvalue weighted by atomic mass is 35.5. The summed E-state index contributed by atoms with van der Waals surface area (Å²) in [6, 6.07) is 6.50. The summed E-state index contributed by atoms with van der Waals surface area (Å²) in [5.41, 5.74) is 0.564. The predicted octanol–water partition coefficient (Wildman–Crippen LogP) is 2.97. The van der Waals surface area contributed by atoms with E-state index in [0.717, 1.165) is 16.9 Å². The number of carbonyl (C=O) groups excluding carboxylic acids is 1. The van der Waals surface area contributed by atoms with Gasteiger partial charge in [-0.3, -0.25) is 14.9 Å². The van der Waals surface area contributed by atoms with Gasteiger partial charge in [0, 0.05) is 12.6 Å². The van der Waals surface area contributed by atoms with Crippen LogP contribution in [0.25, 0.3) is 0 Å². The van der Waals surface area contributed by atoms with Crippen molar-refractivity contribution in [2.24, 2.45) is 0 Å². The summed E-state index contributed by atoms with van der Waals surface area (Å²) in [7, 11) is 0. The van der Waals surface area contributed by atoms with E-state index < -0.39 is 10.8 Å². The van der Waals surface area contributed by atoms with Crippen molar-refractivity contribution in [1.82, 2.24) is 5.32 Å². The molecule has 0 saturated heterocycles. The fraction of sp³-hybridized carbons (Fsp3) is 0.154. The molecule has 2 heterocycles. The maximum absolute atomic E-state index is 12.0. The molecule has 1 aliphatic heterocycles. The predicted molar refractivity (Wildman–Crippen MR) is 79.7 cm³/mol. The molecule has 0 atom stereocenters. The molecule has 0 unspecified atom stereocenters. The quantitative estimate of drug-likeness (QED) is 0.682. The van der Waals surface area contributed by atoms with Gasteiger partial charge in [-0.2, -0.15) is 0 Å². The van der Waals surface area contributed by atoms with Gasteiger partial charge in [0.05, 0.1) is 4.92 Å². The second kappa shape index (κ2) is 5.82. The van der Waals surface area contributed by atoms with Crippen molar-refractivity contribution in [3.8, 4) is 11.5 Å². The molecule has 1 aromatic heterocycles. The Hall–Kier alpha value is -2.32. The van der Waals surface area contributed by atoms with Gasteiger partial charge >= 0.3 is 0 Å². The summed E-state index contributed by atoms with van der Waals surface area (Å²) in [5, 5.41) is 13.4. The van der Waals surface area contributed by atoms with E-state index in [9.17, 15) is 14.9 Å². The number of hydrogen-bond acceptors (Lipinski definition) is 6. The van der Waals surface area contributed by atoms with E-state index in [1.807, 2.05) is 0 Å². The number of halogens is 1. The third-order valence-corrected chi connectivity index (χ3v) is 4.32. The normalized spacial score (nSPS) is 12.2. The van der Waals surface area contributed by atoms with Gasteiger partial charge in [0.25, 0.3) is 11.6 Å². The first-order valence-corrected chi connectivity index (χ1v) is 7.34. The molecule has 0 bridgehead atoms. The Morgan fingerprint density at radius 3 is 2.86 bits per heavy atom. The number of benzene rings is 1. The fourth-order valence-electron chi connectivity index (χ4n) is 1.92. The smallest absolute Gasteiger partial charge is 0.299 e. The lowest BCUT2D eigenvalue weighted by atomic mass is 10.2. The van der Waals surface area contributed by atoms with Crippen molar-refractivity contribution >= 4 is 34.5 Å². The molecule has 0 aliphatic carbocycles. The average Bonchev–Trinajstić information content (AvgIpc) is 3.10. The van der Waals surface area contributed by atoms with Crippen LogP contribution in [0.15, 0.2) is 24.3 Å². The maximum Gasteiger partial charge on any atom is 0.299 e. The molecule has 1 N–H and O–H groups in total. The number of ether oxygens (including phenoxy) is 2. The molecule has 0 spiro atoms. The zero-order chi connectivity index (χ0) is 15.7. The Kier molecular flexibility index (Phi) is 3.86. The molecule has 0 radical (unpaired) electrons. The largest absolute Gasteiger partial charge is 0.454 e. The zero-order valence-corrected chi connectivity index (χ0v) is 12.6. The van der Waals surface area contributed by atoms with Gasteiger partial charge in [0.15, 0.2) is 15.8 Å². The van der Waals surface area contributed by atoms with Crippen LogP contribution in [0.1, 0.15) is 15.2 Å². The lowest BCUT2D eigenvalue weighted by Crippen LogP contribution is -2.21. The van der Waals surface area contributed by atoms with Crippen LogP contribution in [-0.2, 0) is 6.54 Å². The van der Waals surface area contributed by atoms with Crippen LogP contribution in [0, 0.1) is 10.1 Å². The Balaban J connectivity index is 1.67. The molecule has 1 aliphatic rings. The molecule has 114 valence electrons. The number of fused-ring (bicyclic) bond motifs is 1. The molecule has 0 fully saturated rings. The first kappa shape index (κ1) is 14.6. The second-order valence-electron chi connectivity index (χ2n) is 4.40. The van der Waals surface area contributed by atoms with Crippen LogP contribution in [0.4, 0.5) is 5.69 Å². The lowest BCUT2D eigenvalue weighted by molar-refractivity contribution is -0.384. The van der Waals surface area contributed by atoms with Gasteiger partial charge in [0.2, 0.25) is 6.79 Å². The van der Waals surface area contributed by atoms with E-state index in [-0.39, 0.29) is 28.2 Å². The Morgan fingerprint density at radius 1 is 1.36 bits per heavy atom. The topological polar surface area (TPSA) is 90.7 Å². The molecule has 3 rings (SSSR count). The highest BCUT2D eigenvalue weighted by Crippen LogP contribution is 2.34. The van der Waals surface area contributed by atoms with Crippen molar-refractivity contribution in [2.45, 2.75) is 6.54 Å². The van der Waals surface area contributed by atoms with Crippen LogP contribution in [0.3, 0.4) is 0 Å². The standard InChI is InChI=1S/C13H9ClN2O5S/c14-12-8(16(18)19)4-11(22-12)13(17)15-5-7-1-2-9-10(3-7)21-6-20-9/h1-4H,5-6H2,(H,15,17). The zero-order valence-electron chi connectivity index (χ0n) is 11.0. The van der Waals surface area contributed by atoms with E-state index >= 15 is 0 Å². The van der Waals surface area contributed by atoms with Crippen LogP contribution < -0.4 is 14.8 Å². The van der Waals surface area contributed by atoms with Crippen molar-refractivity contribution in [1.29, 1.82) is 0 Å². The average molecular weight is 341 g/mol. The van der Waals surface area contributed by atoms with Gasteiger partial charge in [0.1, 0.15) is 4.88 Å². The number of nitrogens with one attached hydrogen (secondary N) is 1. The third-order valence-electron chi connectivity index (χ3n) is 2.98. The summed E-state index contributed by atoms with van der Waals surface area (Å²) in [6.45, 7) is 0.446. The molecule has 2 aromatic rings. The minimum atomic E-state index is -0.618. The van der Waals surface area contributed by atoms with Gasteiger partial charge in [-0.25, -0.2) is 0 Å². The van der Waals surface area contributed by atoms with Crippen molar-refractivity contribution in [2.75, 3.05) is 6.79 Å². The summed E-state index contributed by atoms with van der Waals surface area (Å²) in [4.78, 5) is 22.3. The highest BCUT2D eigenvalue weighted by Gasteiger charge is 2.21. The van der Waals surface area contributed by atoms with Crippen LogP contribution in [0.2, 0.25) is 4.34 Å². The van der Waals surface area contributed by atoms with Crippen molar-refractivity contribution in [3.63, 3.8) is 0 Å². The van der Waals surface area contributed by atoms with E-state index in [2.05, 4.69) is 5.32 Å². The van der Waals surface area contributed by atoms with E-state index in [1.165, 1.54) is 6.07 Å². The molecular weight excluding hydrogens is 332 g/mol. The van der Waals surface area contributed by atoms with Gasteiger partial charge in [-0.1, -0.05) is 17.7 Å². The number of carbonyl (C=O) groups is 1. The minimum absolute atomic E-state index is 0.0155. The molecule has 1 aromatic carbocycles. The molecular formula is C13H9ClN2O5S. The molecule has 0 saturated carbocycles. The molecule has 1 amide bonds. The van der Waals surface area contributed by atoms with Gasteiger partial charge in [-0.15, -0.1) is 11.3 Å². The Morgan fingerprint density at radius 2 is 2.14 bits per heavy atom. The summed E-state index contributed by atoms with van der Waals surface area (Å²) in [6.07, 6.45) is 0. The molecule has 7 nitrogen and oxygen atoms in total. The van der Waals surface area contributed by atoms with Crippen LogP contribution >= 0.6 is 22.9 Å². The summed E-state index contributed by atoms with van der Waals surface area (Å²) >= 11 is 6.60. The van der Waals surface area contributed by atoms with Crippen molar-refractivity contribution < 1.29 is 19.2 Å². The third kappa shape index (κ3) is 2.83. The maximum atomic E-state index is 12.0. The van der Waals surface area contributed by atoms with Gasteiger partial charge < -0.3 is 14.8 Å². The Bertz CT molecular complexity index is 761. The molecule has 22 heavy (non-hydrogen) atoms. The second-order valence-corrected chi connectivity index (χ2v) is 6.05.